The number of ether oxygens (including phenoxy) is 2. The van der Waals surface area contributed by atoms with Gasteiger partial charge in [0.15, 0.2) is 0 Å². The summed E-state index contributed by atoms with van der Waals surface area (Å²) in [5.41, 5.74) is 4.14. The maximum Gasteiger partial charge on any atom is 0.340 e. The topological polar surface area (TPSA) is 64.6 Å². The summed E-state index contributed by atoms with van der Waals surface area (Å²) in [7, 11) is 1.38. The molecule has 144 valence electrons. The molecule has 2 aliphatic rings. The molecular weight excluding hydrogens is 354 g/mol. The van der Waals surface area contributed by atoms with E-state index in [0.29, 0.717) is 23.7 Å². The number of hydrogen-bond acceptors (Lipinski definition) is 5. The minimum atomic E-state index is -0.349. The number of anilines is 1. The normalized spacial score (nSPS) is 22.0. The lowest BCUT2D eigenvalue weighted by atomic mass is 9.76. The van der Waals surface area contributed by atoms with Crippen LogP contribution in [0, 0.1) is 5.92 Å². The van der Waals surface area contributed by atoms with Gasteiger partial charge in [0.05, 0.1) is 36.6 Å². The maximum atomic E-state index is 12.5. The molecule has 5 nitrogen and oxygen atoms in total. The second-order valence-corrected chi connectivity index (χ2v) is 7.08. The lowest BCUT2D eigenvalue weighted by molar-refractivity contribution is 0.0526. The second kappa shape index (κ2) is 7.50. The number of hydrogen-bond donors (Lipinski definition) is 1. The van der Waals surface area contributed by atoms with Gasteiger partial charge in [0.1, 0.15) is 0 Å². The highest BCUT2D eigenvalue weighted by Gasteiger charge is 2.39. The van der Waals surface area contributed by atoms with E-state index >= 15 is 0 Å². The Bertz CT molecular complexity index is 932. The second-order valence-electron chi connectivity index (χ2n) is 7.08. The van der Waals surface area contributed by atoms with Crippen molar-refractivity contribution >= 4 is 17.6 Å². The van der Waals surface area contributed by atoms with Gasteiger partial charge in [-0.15, -0.1) is 0 Å². The van der Waals surface area contributed by atoms with Crippen molar-refractivity contribution in [2.45, 2.75) is 25.3 Å². The van der Waals surface area contributed by atoms with Gasteiger partial charge in [0.2, 0.25) is 0 Å². The highest BCUT2D eigenvalue weighted by Crippen LogP contribution is 2.50. The molecule has 0 saturated heterocycles. The number of rotatable bonds is 4. The van der Waals surface area contributed by atoms with Crippen LogP contribution in [0.2, 0.25) is 0 Å². The fraction of sp³-hybridized carbons (Fsp3) is 0.304. The molecule has 5 heteroatoms. The monoisotopic (exact) mass is 377 g/mol. The standard InChI is InChI=1S/C23H23NO4/c1-3-28-23(26)19-9-5-8-18-16-6-4-7-17(16)20(24-21(18)19)14-10-12-15(13-11-14)22(25)27-2/h4-6,8-13,16-17,20,24H,3,7H2,1-2H3/t16-,17-,20-/m1/s1. The summed E-state index contributed by atoms with van der Waals surface area (Å²) in [5, 5.41) is 3.60. The number of nitrogens with one attached hydrogen (secondary N) is 1. The number of benzene rings is 2. The predicted molar refractivity (Wildman–Crippen MR) is 107 cm³/mol. The van der Waals surface area contributed by atoms with E-state index in [9.17, 15) is 9.59 Å². The third kappa shape index (κ3) is 3.07. The zero-order valence-electron chi connectivity index (χ0n) is 16.0. The number of allylic oxidation sites excluding steroid dienone is 2. The van der Waals surface area contributed by atoms with Crippen LogP contribution in [0.15, 0.2) is 54.6 Å². The fourth-order valence-corrected chi connectivity index (χ4v) is 4.27. The first-order chi connectivity index (χ1) is 13.6. The van der Waals surface area contributed by atoms with E-state index in [1.54, 1.807) is 18.2 Å². The molecule has 2 aromatic carbocycles. The van der Waals surface area contributed by atoms with Crippen LogP contribution in [0.1, 0.15) is 57.1 Å². The Hall–Kier alpha value is -3.08. The molecule has 0 bridgehead atoms. The summed E-state index contributed by atoms with van der Waals surface area (Å²) >= 11 is 0. The van der Waals surface area contributed by atoms with Crippen molar-refractivity contribution in [1.29, 1.82) is 0 Å². The summed E-state index contributed by atoms with van der Waals surface area (Å²) in [6.07, 6.45) is 5.40. The summed E-state index contributed by atoms with van der Waals surface area (Å²) in [6, 6.07) is 13.3. The van der Waals surface area contributed by atoms with Crippen molar-refractivity contribution in [2.75, 3.05) is 19.0 Å². The van der Waals surface area contributed by atoms with Gasteiger partial charge in [-0.25, -0.2) is 9.59 Å². The molecule has 1 N–H and O–H groups in total. The molecule has 1 aliphatic carbocycles. The zero-order chi connectivity index (χ0) is 19.7. The summed E-state index contributed by atoms with van der Waals surface area (Å²) in [5.74, 6) is -0.0598. The Morgan fingerprint density at radius 3 is 2.61 bits per heavy atom. The third-order valence-corrected chi connectivity index (χ3v) is 5.58. The smallest absolute Gasteiger partial charge is 0.340 e. The quantitative estimate of drug-likeness (QED) is 0.629. The van der Waals surface area contributed by atoms with Gasteiger partial charge in [-0.1, -0.05) is 36.4 Å². The van der Waals surface area contributed by atoms with E-state index in [0.717, 1.165) is 23.2 Å². The molecule has 0 fully saturated rings. The predicted octanol–water partition coefficient (Wildman–Crippen LogP) is 4.48. The molecule has 2 aromatic rings. The molecule has 0 amide bonds. The van der Waals surface area contributed by atoms with Gasteiger partial charge in [-0.05, 0) is 48.6 Å². The molecule has 1 aliphatic heterocycles. The Kier molecular flexibility index (Phi) is 4.90. The van der Waals surface area contributed by atoms with Gasteiger partial charge in [0.25, 0.3) is 0 Å². The number of methoxy groups -OCH3 is 1. The van der Waals surface area contributed by atoms with Crippen LogP contribution in [0.4, 0.5) is 5.69 Å². The highest BCUT2D eigenvalue weighted by atomic mass is 16.5. The zero-order valence-corrected chi connectivity index (χ0v) is 16.0. The maximum absolute atomic E-state index is 12.5. The largest absolute Gasteiger partial charge is 0.465 e. The van der Waals surface area contributed by atoms with Crippen LogP contribution < -0.4 is 5.32 Å². The molecule has 0 saturated carbocycles. The van der Waals surface area contributed by atoms with Gasteiger partial charge in [0, 0.05) is 5.92 Å². The first-order valence-electron chi connectivity index (χ1n) is 9.55. The number of carbonyl (C=O) groups is 2. The Balaban J connectivity index is 1.73. The van der Waals surface area contributed by atoms with Gasteiger partial charge in [-0.2, -0.15) is 0 Å². The summed E-state index contributed by atoms with van der Waals surface area (Å²) in [4.78, 5) is 24.2. The molecule has 0 unspecified atom stereocenters. The SMILES string of the molecule is CCOC(=O)c1cccc2c1N[C@H](c1ccc(C(=O)OC)cc1)[C@@H]1CC=C[C@@H]21. The molecule has 3 atom stereocenters. The lowest BCUT2D eigenvalue weighted by Crippen LogP contribution is -2.30. The number of esters is 2. The van der Waals surface area contributed by atoms with Gasteiger partial charge < -0.3 is 14.8 Å². The Morgan fingerprint density at radius 1 is 1.11 bits per heavy atom. The Labute approximate surface area is 164 Å². The number of fused-ring (bicyclic) bond motifs is 3. The van der Waals surface area contributed by atoms with Crippen LogP contribution in [0.3, 0.4) is 0 Å². The van der Waals surface area contributed by atoms with E-state index < -0.39 is 0 Å². The molecule has 0 aromatic heterocycles. The highest BCUT2D eigenvalue weighted by molar-refractivity contribution is 5.97. The minimum Gasteiger partial charge on any atom is -0.465 e. The number of para-hydroxylation sites is 1. The van der Waals surface area contributed by atoms with E-state index in [1.165, 1.54) is 7.11 Å². The van der Waals surface area contributed by atoms with Crippen LogP contribution in [-0.4, -0.2) is 25.7 Å². The van der Waals surface area contributed by atoms with Gasteiger partial charge in [-0.3, -0.25) is 0 Å². The average molecular weight is 377 g/mol. The van der Waals surface area contributed by atoms with E-state index in [4.69, 9.17) is 9.47 Å². The summed E-state index contributed by atoms with van der Waals surface area (Å²) in [6.45, 7) is 2.15. The minimum absolute atomic E-state index is 0.0368. The van der Waals surface area contributed by atoms with Crippen molar-refractivity contribution < 1.29 is 19.1 Å². The van der Waals surface area contributed by atoms with Gasteiger partial charge >= 0.3 is 11.9 Å². The number of carbonyl (C=O) groups excluding carboxylic acids is 2. The van der Waals surface area contributed by atoms with Crippen LogP contribution in [-0.2, 0) is 9.47 Å². The first-order valence-corrected chi connectivity index (χ1v) is 9.55. The fourth-order valence-electron chi connectivity index (χ4n) is 4.27. The molecular formula is C23H23NO4. The van der Waals surface area contributed by atoms with E-state index in [2.05, 4.69) is 23.5 Å². The lowest BCUT2D eigenvalue weighted by Gasteiger charge is -2.38. The molecule has 0 radical (unpaired) electrons. The molecule has 1 heterocycles. The van der Waals surface area contributed by atoms with Crippen LogP contribution >= 0.6 is 0 Å². The molecule has 4 rings (SSSR count). The Morgan fingerprint density at radius 2 is 1.89 bits per heavy atom. The van der Waals surface area contributed by atoms with Crippen molar-refractivity contribution in [3.8, 4) is 0 Å². The van der Waals surface area contributed by atoms with E-state index in [1.807, 2.05) is 25.1 Å². The average Bonchev–Trinajstić information content (AvgIpc) is 3.22. The first kappa shape index (κ1) is 18.3. The van der Waals surface area contributed by atoms with Crippen molar-refractivity contribution in [3.63, 3.8) is 0 Å². The summed E-state index contributed by atoms with van der Waals surface area (Å²) < 4.78 is 10.0. The van der Waals surface area contributed by atoms with Crippen LogP contribution in [0.5, 0.6) is 0 Å². The van der Waals surface area contributed by atoms with E-state index in [-0.39, 0.29) is 23.9 Å². The van der Waals surface area contributed by atoms with Crippen molar-refractivity contribution in [2.24, 2.45) is 5.92 Å². The molecule has 0 spiro atoms. The van der Waals surface area contributed by atoms with Crippen molar-refractivity contribution in [1.82, 2.24) is 0 Å². The molecule has 28 heavy (non-hydrogen) atoms. The van der Waals surface area contributed by atoms with Crippen LogP contribution in [0.25, 0.3) is 0 Å². The van der Waals surface area contributed by atoms with Crippen molar-refractivity contribution in [3.05, 3.63) is 76.9 Å². The third-order valence-electron chi connectivity index (χ3n) is 5.58.